The van der Waals surface area contributed by atoms with E-state index in [0.29, 0.717) is 17.1 Å². The van der Waals surface area contributed by atoms with E-state index in [0.717, 1.165) is 0 Å². The van der Waals surface area contributed by atoms with Gasteiger partial charge in [-0.15, -0.1) is 0 Å². The lowest BCUT2D eigenvalue weighted by atomic mass is 10.1. The zero-order valence-electron chi connectivity index (χ0n) is 12.0. The molecule has 1 atom stereocenters. The Bertz CT molecular complexity index is 548. The Hall–Kier alpha value is -2.12. The lowest BCUT2D eigenvalue weighted by Crippen LogP contribution is -2.39. The third-order valence-corrected chi connectivity index (χ3v) is 3.49. The first-order chi connectivity index (χ1) is 10.3. The molecule has 0 saturated carbocycles. The predicted molar refractivity (Wildman–Crippen MR) is 73.0 cm³/mol. The van der Waals surface area contributed by atoms with Crippen LogP contribution in [0.2, 0.25) is 0 Å². The van der Waals surface area contributed by atoms with Crippen LogP contribution in [0.3, 0.4) is 0 Å². The molecule has 0 spiro atoms. The Morgan fingerprint density at radius 3 is 2.59 bits per heavy atom. The van der Waals surface area contributed by atoms with Crippen LogP contribution in [0.1, 0.15) is 13.3 Å². The van der Waals surface area contributed by atoms with Crippen LogP contribution in [0.25, 0.3) is 0 Å². The molecule has 0 aliphatic carbocycles. The van der Waals surface area contributed by atoms with E-state index in [9.17, 15) is 22.8 Å². The number of amides is 2. The second kappa shape index (κ2) is 6.33. The van der Waals surface area contributed by atoms with Crippen molar-refractivity contribution >= 4 is 17.5 Å². The molecule has 1 aliphatic rings. The second-order valence-corrected chi connectivity index (χ2v) is 5.08. The number of alkyl halides is 3. The molecule has 22 heavy (non-hydrogen) atoms. The summed E-state index contributed by atoms with van der Waals surface area (Å²) < 4.78 is 37.2. The minimum absolute atomic E-state index is 0.184. The summed E-state index contributed by atoms with van der Waals surface area (Å²) in [5.41, 5.74) is 0.615. The topological polar surface area (TPSA) is 53.5 Å². The number of pyridine rings is 1. The molecule has 0 bridgehead atoms. The fourth-order valence-electron chi connectivity index (χ4n) is 2.52. The first kappa shape index (κ1) is 16.3. The molecule has 1 saturated heterocycles. The van der Waals surface area contributed by atoms with Gasteiger partial charge in [0.05, 0.1) is 5.92 Å². The fourth-order valence-corrected chi connectivity index (χ4v) is 2.52. The summed E-state index contributed by atoms with van der Waals surface area (Å²) in [4.78, 5) is 30.1. The molecular formula is C14H16F3N3O2. The van der Waals surface area contributed by atoms with E-state index in [1.165, 1.54) is 17.3 Å². The van der Waals surface area contributed by atoms with Crippen molar-refractivity contribution in [2.75, 3.05) is 24.5 Å². The van der Waals surface area contributed by atoms with E-state index >= 15 is 0 Å². The monoisotopic (exact) mass is 315 g/mol. The Balaban J connectivity index is 2.08. The highest BCUT2D eigenvalue weighted by atomic mass is 19.4. The summed E-state index contributed by atoms with van der Waals surface area (Å²) in [7, 11) is 0. The smallest absolute Gasteiger partial charge is 0.333 e. The Morgan fingerprint density at radius 1 is 1.41 bits per heavy atom. The summed E-state index contributed by atoms with van der Waals surface area (Å²) in [5, 5.41) is 0. The third kappa shape index (κ3) is 3.75. The quantitative estimate of drug-likeness (QED) is 0.852. The average molecular weight is 315 g/mol. The van der Waals surface area contributed by atoms with E-state index in [-0.39, 0.29) is 18.9 Å². The van der Waals surface area contributed by atoms with Crippen LogP contribution in [0.5, 0.6) is 0 Å². The van der Waals surface area contributed by atoms with Gasteiger partial charge in [-0.3, -0.25) is 14.6 Å². The zero-order valence-corrected chi connectivity index (χ0v) is 12.0. The largest absolute Gasteiger partial charge is 0.406 e. The highest BCUT2D eigenvalue weighted by Gasteiger charge is 2.41. The maximum Gasteiger partial charge on any atom is 0.406 e. The minimum atomic E-state index is -4.46. The number of carbonyl (C=O) groups is 2. The SMILES string of the molecule is CCN(C(=O)[C@@H]1CC(=O)N(CC(F)(F)F)C1)c1ccncc1. The van der Waals surface area contributed by atoms with E-state index in [4.69, 9.17) is 0 Å². The van der Waals surface area contributed by atoms with Crippen LogP contribution < -0.4 is 4.90 Å². The third-order valence-electron chi connectivity index (χ3n) is 3.49. The van der Waals surface area contributed by atoms with Gasteiger partial charge < -0.3 is 9.80 Å². The van der Waals surface area contributed by atoms with E-state index in [1.54, 1.807) is 19.1 Å². The van der Waals surface area contributed by atoms with Crippen LogP contribution in [0, 0.1) is 5.92 Å². The van der Waals surface area contributed by atoms with Gasteiger partial charge in [0.25, 0.3) is 0 Å². The van der Waals surface area contributed by atoms with Gasteiger partial charge in [-0.05, 0) is 19.1 Å². The van der Waals surface area contributed by atoms with E-state index < -0.39 is 24.5 Å². The number of hydrogen-bond donors (Lipinski definition) is 0. The van der Waals surface area contributed by atoms with Gasteiger partial charge in [-0.25, -0.2) is 0 Å². The summed E-state index contributed by atoms with van der Waals surface area (Å²) in [6.45, 7) is 0.630. The molecule has 120 valence electrons. The molecule has 2 rings (SSSR count). The number of hydrogen-bond acceptors (Lipinski definition) is 3. The summed E-state index contributed by atoms with van der Waals surface area (Å²) >= 11 is 0. The van der Waals surface area contributed by atoms with Crippen molar-refractivity contribution in [1.82, 2.24) is 9.88 Å². The van der Waals surface area contributed by atoms with Crippen LogP contribution >= 0.6 is 0 Å². The molecule has 0 unspecified atom stereocenters. The highest BCUT2D eigenvalue weighted by Crippen LogP contribution is 2.26. The number of aromatic nitrogens is 1. The van der Waals surface area contributed by atoms with Crippen molar-refractivity contribution in [1.29, 1.82) is 0 Å². The Morgan fingerprint density at radius 2 is 2.05 bits per heavy atom. The van der Waals surface area contributed by atoms with Crippen molar-refractivity contribution in [3.05, 3.63) is 24.5 Å². The number of nitrogens with zero attached hydrogens (tertiary/aromatic N) is 3. The highest BCUT2D eigenvalue weighted by molar-refractivity contribution is 5.98. The number of anilines is 1. The molecule has 1 aromatic heterocycles. The molecule has 8 heteroatoms. The zero-order chi connectivity index (χ0) is 16.3. The predicted octanol–water partition coefficient (Wildman–Crippen LogP) is 1.85. The maximum absolute atomic E-state index is 12.5. The molecule has 0 radical (unpaired) electrons. The van der Waals surface area contributed by atoms with Gasteiger partial charge in [0, 0.05) is 37.6 Å². The van der Waals surface area contributed by atoms with Crippen molar-refractivity contribution in [3.8, 4) is 0 Å². The number of carbonyl (C=O) groups excluding carboxylic acids is 2. The summed E-state index contributed by atoms with van der Waals surface area (Å²) in [6, 6.07) is 3.29. The van der Waals surface area contributed by atoms with Crippen molar-refractivity contribution in [2.24, 2.45) is 5.92 Å². The summed E-state index contributed by atoms with van der Waals surface area (Å²) in [5.74, 6) is -1.73. The van der Waals surface area contributed by atoms with Gasteiger partial charge in [0.15, 0.2) is 0 Å². The Labute approximate surface area is 125 Å². The van der Waals surface area contributed by atoms with Gasteiger partial charge in [-0.2, -0.15) is 13.2 Å². The lowest BCUT2D eigenvalue weighted by Gasteiger charge is -2.24. The van der Waals surface area contributed by atoms with Crippen molar-refractivity contribution < 1.29 is 22.8 Å². The fraction of sp³-hybridized carbons (Fsp3) is 0.500. The first-order valence-electron chi connectivity index (χ1n) is 6.87. The molecule has 2 heterocycles. The standard InChI is InChI=1S/C14H16F3N3O2/c1-2-20(11-3-5-18-6-4-11)13(22)10-7-12(21)19(8-10)9-14(15,16)17/h3-6,10H,2,7-9H2,1H3/t10-/m1/s1. The molecule has 1 fully saturated rings. The van der Waals surface area contributed by atoms with Gasteiger partial charge in [0.1, 0.15) is 6.54 Å². The molecule has 5 nitrogen and oxygen atoms in total. The molecular weight excluding hydrogens is 299 g/mol. The Kier molecular flexibility index (Phi) is 4.68. The second-order valence-electron chi connectivity index (χ2n) is 5.08. The molecule has 2 amide bonds. The van der Waals surface area contributed by atoms with Crippen molar-refractivity contribution in [2.45, 2.75) is 19.5 Å². The van der Waals surface area contributed by atoms with Crippen LogP contribution in [0.4, 0.5) is 18.9 Å². The van der Waals surface area contributed by atoms with E-state index in [2.05, 4.69) is 4.98 Å². The molecule has 0 aromatic carbocycles. The maximum atomic E-state index is 12.5. The number of rotatable bonds is 4. The average Bonchev–Trinajstić information content (AvgIpc) is 2.80. The normalized spacial score (nSPS) is 18.6. The molecule has 0 N–H and O–H groups in total. The first-order valence-corrected chi connectivity index (χ1v) is 6.87. The summed E-state index contributed by atoms with van der Waals surface area (Å²) in [6.07, 6.45) is -1.58. The van der Waals surface area contributed by atoms with Gasteiger partial charge in [-0.1, -0.05) is 0 Å². The van der Waals surface area contributed by atoms with E-state index in [1.807, 2.05) is 0 Å². The van der Waals surface area contributed by atoms with Gasteiger partial charge in [0.2, 0.25) is 11.8 Å². The van der Waals surface area contributed by atoms with Crippen LogP contribution in [-0.2, 0) is 9.59 Å². The number of halogens is 3. The van der Waals surface area contributed by atoms with Crippen LogP contribution in [0.15, 0.2) is 24.5 Å². The van der Waals surface area contributed by atoms with Crippen molar-refractivity contribution in [3.63, 3.8) is 0 Å². The molecule has 1 aliphatic heterocycles. The minimum Gasteiger partial charge on any atom is -0.333 e. The van der Waals surface area contributed by atoms with Gasteiger partial charge >= 0.3 is 6.18 Å². The number of likely N-dealkylation sites (tertiary alicyclic amines) is 1. The molecule has 1 aromatic rings. The van der Waals surface area contributed by atoms with Crippen LogP contribution in [-0.4, -0.2) is 47.5 Å². The lowest BCUT2D eigenvalue weighted by molar-refractivity contribution is -0.157.